The lowest BCUT2D eigenvalue weighted by molar-refractivity contribution is -0.139. The van der Waals surface area contributed by atoms with Crippen LogP contribution >= 0.6 is 15.9 Å². The van der Waals surface area contributed by atoms with Crippen molar-refractivity contribution in [1.82, 2.24) is 15.2 Å². The normalized spacial score (nSPS) is 20.1. The van der Waals surface area contributed by atoms with Gasteiger partial charge in [-0.3, -0.25) is 14.5 Å². The molecule has 0 atom stereocenters. The fourth-order valence-electron chi connectivity index (χ4n) is 3.20. The van der Waals surface area contributed by atoms with Crippen molar-refractivity contribution in [3.63, 3.8) is 0 Å². The van der Waals surface area contributed by atoms with E-state index in [2.05, 4.69) is 26.2 Å². The van der Waals surface area contributed by atoms with Crippen LogP contribution in [0, 0.1) is 0 Å². The SMILES string of the molecule is CCN(CC(=O)O)C1CC(NC(=O)c2[nH]c3ccccc3c2Br)C1. The van der Waals surface area contributed by atoms with Crippen LogP contribution in [0.5, 0.6) is 0 Å². The topological polar surface area (TPSA) is 85.4 Å². The van der Waals surface area contributed by atoms with Crippen LogP contribution in [0.25, 0.3) is 10.9 Å². The molecule has 24 heavy (non-hydrogen) atoms. The second kappa shape index (κ2) is 6.94. The lowest BCUT2D eigenvalue weighted by Gasteiger charge is -2.42. The first-order valence-electron chi connectivity index (χ1n) is 8.02. The molecule has 0 aliphatic heterocycles. The molecule has 3 N–H and O–H groups in total. The van der Waals surface area contributed by atoms with E-state index in [1.165, 1.54) is 0 Å². The number of carbonyl (C=O) groups excluding carboxylic acids is 1. The summed E-state index contributed by atoms with van der Waals surface area (Å²) in [5, 5.41) is 12.9. The number of rotatable bonds is 6. The largest absolute Gasteiger partial charge is 0.480 e. The number of amides is 1. The number of carboxylic acid groups (broad SMARTS) is 1. The molecule has 6 nitrogen and oxygen atoms in total. The molecule has 7 heteroatoms. The van der Waals surface area contributed by atoms with Gasteiger partial charge in [0.15, 0.2) is 0 Å². The fraction of sp³-hybridized carbons (Fsp3) is 0.412. The van der Waals surface area contributed by atoms with Gasteiger partial charge in [-0.05, 0) is 41.4 Å². The molecule has 2 aromatic rings. The first-order chi connectivity index (χ1) is 11.5. The van der Waals surface area contributed by atoms with Gasteiger partial charge in [-0.15, -0.1) is 0 Å². The van der Waals surface area contributed by atoms with Gasteiger partial charge in [0.25, 0.3) is 5.91 Å². The predicted molar refractivity (Wildman–Crippen MR) is 95.2 cm³/mol. The number of aromatic amines is 1. The molecule has 128 valence electrons. The lowest BCUT2D eigenvalue weighted by atomic mass is 9.85. The van der Waals surface area contributed by atoms with Crippen molar-refractivity contribution in [1.29, 1.82) is 0 Å². The van der Waals surface area contributed by atoms with Crippen molar-refractivity contribution in [3.05, 3.63) is 34.4 Å². The lowest BCUT2D eigenvalue weighted by Crippen LogP contribution is -2.54. The first-order valence-corrected chi connectivity index (χ1v) is 8.81. The molecule has 1 aliphatic carbocycles. The quantitative estimate of drug-likeness (QED) is 0.703. The van der Waals surface area contributed by atoms with E-state index in [-0.39, 0.29) is 24.5 Å². The van der Waals surface area contributed by atoms with E-state index in [9.17, 15) is 9.59 Å². The second-order valence-corrected chi connectivity index (χ2v) is 6.91. The Hall–Kier alpha value is -1.86. The number of H-pyrrole nitrogens is 1. The number of para-hydroxylation sites is 1. The third kappa shape index (κ3) is 3.32. The Morgan fingerprint density at radius 3 is 2.71 bits per heavy atom. The summed E-state index contributed by atoms with van der Waals surface area (Å²) >= 11 is 3.49. The summed E-state index contributed by atoms with van der Waals surface area (Å²) in [5.74, 6) is -0.950. The standard InChI is InChI=1S/C17H20BrN3O3/c1-2-21(9-14(22)23)11-7-10(8-11)19-17(24)16-15(18)12-5-3-4-6-13(12)20-16/h3-6,10-11,20H,2,7-9H2,1H3,(H,19,24)(H,22,23). The van der Waals surface area contributed by atoms with Crippen molar-refractivity contribution in [3.8, 4) is 0 Å². The molecule has 0 spiro atoms. The first kappa shape index (κ1) is 17.0. The number of nitrogens with zero attached hydrogens (tertiary/aromatic N) is 1. The van der Waals surface area contributed by atoms with E-state index >= 15 is 0 Å². The molecule has 1 saturated carbocycles. The van der Waals surface area contributed by atoms with Crippen molar-refractivity contribution in [2.24, 2.45) is 0 Å². The number of carbonyl (C=O) groups is 2. The van der Waals surface area contributed by atoms with Gasteiger partial charge in [-0.25, -0.2) is 0 Å². The van der Waals surface area contributed by atoms with Crippen LogP contribution in [-0.2, 0) is 4.79 Å². The molecule has 3 rings (SSSR count). The van der Waals surface area contributed by atoms with E-state index in [0.29, 0.717) is 12.2 Å². The third-order valence-electron chi connectivity index (χ3n) is 4.58. The number of aliphatic carboxylic acids is 1. The number of aromatic nitrogens is 1. The molecule has 0 saturated heterocycles. The van der Waals surface area contributed by atoms with Crippen molar-refractivity contribution in [2.45, 2.75) is 31.8 Å². The van der Waals surface area contributed by atoms with E-state index < -0.39 is 5.97 Å². The third-order valence-corrected chi connectivity index (χ3v) is 5.40. The van der Waals surface area contributed by atoms with Crippen LogP contribution in [0.4, 0.5) is 0 Å². The Morgan fingerprint density at radius 2 is 2.08 bits per heavy atom. The number of hydrogen-bond donors (Lipinski definition) is 3. The zero-order valence-corrected chi connectivity index (χ0v) is 15.0. The highest BCUT2D eigenvalue weighted by Crippen LogP contribution is 2.29. The van der Waals surface area contributed by atoms with Crippen LogP contribution < -0.4 is 5.32 Å². The number of likely N-dealkylation sites (N-methyl/N-ethyl adjacent to an activating group) is 1. The van der Waals surface area contributed by atoms with E-state index in [1.807, 2.05) is 36.1 Å². The Bertz CT molecular complexity index is 768. The monoisotopic (exact) mass is 393 g/mol. The van der Waals surface area contributed by atoms with Gasteiger partial charge in [0.1, 0.15) is 5.69 Å². The molecule has 1 heterocycles. The highest BCUT2D eigenvalue weighted by atomic mass is 79.9. The van der Waals surface area contributed by atoms with E-state index in [0.717, 1.165) is 28.2 Å². The van der Waals surface area contributed by atoms with Crippen LogP contribution in [0.1, 0.15) is 30.3 Å². The molecule has 1 aromatic heterocycles. The van der Waals surface area contributed by atoms with Crippen LogP contribution in [0.3, 0.4) is 0 Å². The maximum absolute atomic E-state index is 12.5. The minimum atomic E-state index is -0.814. The molecule has 1 aliphatic rings. The summed E-state index contributed by atoms with van der Waals surface area (Å²) in [6.07, 6.45) is 1.56. The molecule has 0 radical (unpaired) electrons. The number of halogens is 1. The van der Waals surface area contributed by atoms with Crippen molar-refractivity contribution >= 4 is 38.7 Å². The zero-order valence-electron chi connectivity index (χ0n) is 13.4. The summed E-state index contributed by atoms with van der Waals surface area (Å²) < 4.78 is 0.771. The predicted octanol–water partition coefficient (Wildman–Crippen LogP) is 2.60. The van der Waals surface area contributed by atoms with Gasteiger partial charge in [-0.2, -0.15) is 0 Å². The second-order valence-electron chi connectivity index (χ2n) is 6.11. The van der Waals surface area contributed by atoms with Gasteiger partial charge in [0.05, 0.1) is 11.0 Å². The number of fused-ring (bicyclic) bond motifs is 1. The maximum atomic E-state index is 12.5. The van der Waals surface area contributed by atoms with Crippen molar-refractivity contribution in [2.75, 3.05) is 13.1 Å². The number of benzene rings is 1. The molecule has 0 unspecified atom stereocenters. The van der Waals surface area contributed by atoms with Crippen molar-refractivity contribution < 1.29 is 14.7 Å². The summed E-state index contributed by atoms with van der Waals surface area (Å²) in [7, 11) is 0. The zero-order chi connectivity index (χ0) is 17.3. The number of hydrogen-bond acceptors (Lipinski definition) is 3. The Kier molecular flexibility index (Phi) is 4.91. The minimum absolute atomic E-state index is 0.0510. The van der Waals surface area contributed by atoms with Crippen LogP contribution in [0.15, 0.2) is 28.7 Å². The average Bonchev–Trinajstić information content (AvgIpc) is 2.86. The average molecular weight is 394 g/mol. The van der Waals surface area contributed by atoms with Gasteiger partial charge < -0.3 is 15.4 Å². The van der Waals surface area contributed by atoms with Gasteiger partial charge >= 0.3 is 5.97 Å². The maximum Gasteiger partial charge on any atom is 0.317 e. The molecular formula is C17H20BrN3O3. The molecule has 1 amide bonds. The van der Waals surface area contributed by atoms with Crippen LogP contribution in [-0.4, -0.2) is 52.0 Å². The fourth-order valence-corrected chi connectivity index (χ4v) is 3.82. The molecule has 0 bridgehead atoms. The van der Waals surface area contributed by atoms with E-state index in [1.54, 1.807) is 0 Å². The highest BCUT2D eigenvalue weighted by Gasteiger charge is 2.35. The summed E-state index contributed by atoms with van der Waals surface area (Å²) in [6, 6.07) is 8.05. The van der Waals surface area contributed by atoms with E-state index in [4.69, 9.17) is 5.11 Å². The molecule has 1 fully saturated rings. The summed E-state index contributed by atoms with van der Waals surface area (Å²) in [6.45, 7) is 2.71. The molecule has 1 aromatic carbocycles. The summed E-state index contributed by atoms with van der Waals surface area (Å²) in [4.78, 5) is 28.4. The van der Waals surface area contributed by atoms with Gasteiger partial charge in [0.2, 0.25) is 0 Å². The summed E-state index contributed by atoms with van der Waals surface area (Å²) in [5.41, 5.74) is 1.44. The Morgan fingerprint density at radius 1 is 1.38 bits per heavy atom. The number of nitrogens with one attached hydrogen (secondary N) is 2. The number of carboxylic acids is 1. The van der Waals surface area contributed by atoms with Crippen LogP contribution in [0.2, 0.25) is 0 Å². The minimum Gasteiger partial charge on any atom is -0.480 e. The Balaban J connectivity index is 1.60. The van der Waals surface area contributed by atoms with Gasteiger partial charge in [-0.1, -0.05) is 25.1 Å². The molecular weight excluding hydrogens is 374 g/mol. The Labute approximate surface area is 148 Å². The van der Waals surface area contributed by atoms with Gasteiger partial charge in [0, 0.05) is 23.0 Å². The smallest absolute Gasteiger partial charge is 0.317 e. The highest BCUT2D eigenvalue weighted by molar-refractivity contribution is 9.10.